The van der Waals surface area contributed by atoms with E-state index in [1.165, 1.54) is 5.56 Å². The molecule has 0 spiro atoms. The number of nitrogens with zero attached hydrogens (tertiary/aromatic N) is 3. The molecule has 4 nitrogen and oxygen atoms in total. The van der Waals surface area contributed by atoms with Crippen LogP contribution in [0.3, 0.4) is 0 Å². The number of rotatable bonds is 4. The smallest absolute Gasteiger partial charge is 0.164 e. The minimum atomic E-state index is 0.622. The molecule has 0 amide bonds. The van der Waals surface area contributed by atoms with Crippen LogP contribution in [0.1, 0.15) is 0 Å². The molecule has 0 aliphatic carbocycles. The van der Waals surface area contributed by atoms with Gasteiger partial charge >= 0.3 is 0 Å². The van der Waals surface area contributed by atoms with Crippen LogP contribution in [0, 0.1) is 0 Å². The highest BCUT2D eigenvalue weighted by Gasteiger charge is 2.20. The van der Waals surface area contributed by atoms with Crippen molar-refractivity contribution in [3.05, 3.63) is 152 Å². The Hall–Kier alpha value is -6.13. The predicted molar refractivity (Wildman–Crippen MR) is 184 cm³/mol. The Balaban J connectivity index is 1.31. The predicted octanol–water partition coefficient (Wildman–Crippen LogP) is 10.7. The molecule has 9 rings (SSSR count). The standard InChI is InChI=1S/C41H25N3O/c1-3-12-26(13-4-1)27-22-24-29(25-23-27)40-42-39(28-14-5-2-6-15-28)43-41(44-40)34-20-11-19-33-36(34)30-16-7-8-17-31(30)37-32-18-9-10-21-35(32)45-38(33)37/h1-25H. The zero-order valence-electron chi connectivity index (χ0n) is 24.2. The van der Waals surface area contributed by atoms with Crippen LogP contribution in [-0.2, 0) is 0 Å². The topological polar surface area (TPSA) is 51.8 Å². The monoisotopic (exact) mass is 575 g/mol. The zero-order chi connectivity index (χ0) is 29.7. The maximum Gasteiger partial charge on any atom is 0.164 e. The molecule has 0 N–H and O–H groups in total. The number of benzene rings is 7. The van der Waals surface area contributed by atoms with Crippen molar-refractivity contribution in [2.45, 2.75) is 0 Å². The Morgan fingerprint density at radius 1 is 0.333 bits per heavy atom. The summed E-state index contributed by atoms with van der Waals surface area (Å²) in [6, 6.07) is 52.0. The SMILES string of the molecule is c1ccc(-c2ccc(-c3nc(-c4ccccc4)nc(-c4cccc5c6oc7ccccc7c6c6ccccc6c45)n3)cc2)cc1. The highest BCUT2D eigenvalue weighted by atomic mass is 16.3. The molecule has 0 atom stereocenters. The molecule has 0 saturated heterocycles. The van der Waals surface area contributed by atoms with Crippen LogP contribution in [0.2, 0.25) is 0 Å². The van der Waals surface area contributed by atoms with Gasteiger partial charge in [-0.25, -0.2) is 15.0 Å². The fourth-order valence-electron chi connectivity index (χ4n) is 6.42. The summed E-state index contributed by atoms with van der Waals surface area (Å²) in [6.07, 6.45) is 0. The average Bonchev–Trinajstić information content (AvgIpc) is 3.52. The first-order chi connectivity index (χ1) is 22.3. The Morgan fingerprint density at radius 2 is 0.822 bits per heavy atom. The van der Waals surface area contributed by atoms with Gasteiger partial charge in [0.05, 0.1) is 0 Å². The van der Waals surface area contributed by atoms with Crippen molar-refractivity contribution >= 4 is 43.5 Å². The summed E-state index contributed by atoms with van der Waals surface area (Å²) in [4.78, 5) is 15.2. The maximum atomic E-state index is 6.55. The second kappa shape index (κ2) is 10.2. The van der Waals surface area contributed by atoms with Crippen LogP contribution < -0.4 is 0 Å². The molecule has 2 heterocycles. The Morgan fingerprint density at radius 3 is 1.53 bits per heavy atom. The van der Waals surface area contributed by atoms with Crippen molar-refractivity contribution in [2.75, 3.05) is 0 Å². The quantitative estimate of drug-likeness (QED) is 0.196. The molecule has 0 unspecified atom stereocenters. The zero-order valence-corrected chi connectivity index (χ0v) is 24.2. The van der Waals surface area contributed by atoms with Gasteiger partial charge in [-0.05, 0) is 28.0 Å². The third-order valence-corrected chi connectivity index (χ3v) is 8.53. The van der Waals surface area contributed by atoms with Crippen LogP contribution in [0.25, 0.3) is 88.8 Å². The lowest BCUT2D eigenvalue weighted by Gasteiger charge is -2.13. The fourth-order valence-corrected chi connectivity index (χ4v) is 6.42. The molecule has 4 heteroatoms. The van der Waals surface area contributed by atoms with Crippen molar-refractivity contribution in [1.29, 1.82) is 0 Å². The van der Waals surface area contributed by atoms with Crippen molar-refractivity contribution in [3.8, 4) is 45.3 Å². The number of hydrogen-bond acceptors (Lipinski definition) is 4. The number of hydrogen-bond donors (Lipinski definition) is 0. The Bertz CT molecular complexity index is 2520. The molecule has 0 radical (unpaired) electrons. The first-order valence-corrected chi connectivity index (χ1v) is 15.0. The molecule has 7 aromatic carbocycles. The third-order valence-electron chi connectivity index (χ3n) is 8.53. The molecular formula is C41H25N3O. The Labute approximate surface area is 259 Å². The van der Waals surface area contributed by atoms with E-state index in [1.54, 1.807) is 0 Å². The maximum absolute atomic E-state index is 6.55. The summed E-state index contributed by atoms with van der Waals surface area (Å²) < 4.78 is 6.55. The van der Waals surface area contributed by atoms with Gasteiger partial charge in [0.2, 0.25) is 0 Å². The van der Waals surface area contributed by atoms with Gasteiger partial charge in [-0.1, -0.05) is 146 Å². The lowest BCUT2D eigenvalue weighted by atomic mass is 9.93. The molecule has 0 fully saturated rings. The molecule has 0 aliphatic rings. The minimum Gasteiger partial charge on any atom is -0.455 e. The summed E-state index contributed by atoms with van der Waals surface area (Å²) in [6.45, 7) is 0. The lowest BCUT2D eigenvalue weighted by molar-refractivity contribution is 0.673. The lowest BCUT2D eigenvalue weighted by Crippen LogP contribution is -2.00. The first kappa shape index (κ1) is 25.4. The van der Waals surface area contributed by atoms with E-state index >= 15 is 0 Å². The van der Waals surface area contributed by atoms with Gasteiger partial charge in [-0.3, -0.25) is 0 Å². The molecule has 0 aliphatic heterocycles. The van der Waals surface area contributed by atoms with E-state index in [-0.39, 0.29) is 0 Å². The van der Waals surface area contributed by atoms with E-state index < -0.39 is 0 Å². The van der Waals surface area contributed by atoms with E-state index in [0.29, 0.717) is 17.5 Å². The molecular weight excluding hydrogens is 550 g/mol. The summed E-state index contributed by atoms with van der Waals surface area (Å²) in [5, 5.41) is 6.63. The number of furan rings is 1. The molecule has 210 valence electrons. The summed E-state index contributed by atoms with van der Waals surface area (Å²) in [5.41, 5.74) is 6.88. The van der Waals surface area contributed by atoms with Gasteiger partial charge in [-0.15, -0.1) is 0 Å². The van der Waals surface area contributed by atoms with Gasteiger partial charge in [0.1, 0.15) is 11.2 Å². The van der Waals surface area contributed by atoms with Gasteiger partial charge in [0.25, 0.3) is 0 Å². The van der Waals surface area contributed by atoms with Gasteiger partial charge in [-0.2, -0.15) is 0 Å². The summed E-state index contributed by atoms with van der Waals surface area (Å²) in [5.74, 6) is 1.88. The molecule has 0 bridgehead atoms. The van der Waals surface area contributed by atoms with E-state index in [2.05, 4.69) is 103 Å². The van der Waals surface area contributed by atoms with Gasteiger partial charge in [0, 0.05) is 38.2 Å². The van der Waals surface area contributed by atoms with Crippen molar-refractivity contribution in [3.63, 3.8) is 0 Å². The van der Waals surface area contributed by atoms with E-state index in [9.17, 15) is 0 Å². The van der Waals surface area contributed by atoms with Crippen molar-refractivity contribution in [2.24, 2.45) is 0 Å². The van der Waals surface area contributed by atoms with Gasteiger partial charge in [0.15, 0.2) is 17.5 Å². The van der Waals surface area contributed by atoms with E-state index in [0.717, 1.165) is 65.7 Å². The number of para-hydroxylation sites is 1. The molecule has 9 aromatic rings. The van der Waals surface area contributed by atoms with Crippen molar-refractivity contribution in [1.82, 2.24) is 15.0 Å². The van der Waals surface area contributed by atoms with E-state index in [1.807, 2.05) is 48.5 Å². The summed E-state index contributed by atoms with van der Waals surface area (Å²) >= 11 is 0. The number of fused-ring (bicyclic) bond motifs is 8. The highest BCUT2D eigenvalue weighted by Crippen LogP contribution is 2.43. The van der Waals surface area contributed by atoms with E-state index in [4.69, 9.17) is 19.4 Å². The summed E-state index contributed by atoms with van der Waals surface area (Å²) in [7, 11) is 0. The minimum absolute atomic E-state index is 0.622. The third kappa shape index (κ3) is 4.19. The first-order valence-electron chi connectivity index (χ1n) is 15.0. The Kier molecular flexibility index (Phi) is 5.78. The highest BCUT2D eigenvalue weighted by molar-refractivity contribution is 6.32. The van der Waals surface area contributed by atoms with Crippen LogP contribution >= 0.6 is 0 Å². The molecule has 2 aromatic heterocycles. The molecule has 45 heavy (non-hydrogen) atoms. The average molecular weight is 576 g/mol. The van der Waals surface area contributed by atoms with Gasteiger partial charge < -0.3 is 4.42 Å². The number of aromatic nitrogens is 3. The van der Waals surface area contributed by atoms with Crippen LogP contribution in [0.15, 0.2) is 156 Å². The fraction of sp³-hybridized carbons (Fsp3) is 0. The van der Waals surface area contributed by atoms with Crippen LogP contribution in [-0.4, -0.2) is 15.0 Å². The second-order valence-corrected chi connectivity index (χ2v) is 11.2. The van der Waals surface area contributed by atoms with Crippen LogP contribution in [0.5, 0.6) is 0 Å². The molecule has 0 saturated carbocycles. The largest absolute Gasteiger partial charge is 0.455 e. The second-order valence-electron chi connectivity index (χ2n) is 11.2. The van der Waals surface area contributed by atoms with Crippen molar-refractivity contribution < 1.29 is 4.42 Å². The normalized spacial score (nSPS) is 11.6. The van der Waals surface area contributed by atoms with Crippen LogP contribution in [0.4, 0.5) is 0 Å².